The highest BCUT2D eigenvalue weighted by atomic mass is 127. The SMILES string of the molecule is Cc1cc(I)c(C(F)(F)F)c(OC(F)(F)F)n1. The summed E-state index contributed by atoms with van der Waals surface area (Å²) in [6.07, 6.45) is -10.2. The first kappa shape index (κ1) is 14.3. The summed E-state index contributed by atoms with van der Waals surface area (Å²) in [6.45, 7) is 1.27. The van der Waals surface area contributed by atoms with Crippen molar-refractivity contribution in [1.82, 2.24) is 4.98 Å². The van der Waals surface area contributed by atoms with Crippen molar-refractivity contribution in [2.45, 2.75) is 19.5 Å². The molecule has 1 heterocycles. The Balaban J connectivity index is 3.36. The molecule has 0 spiro atoms. The van der Waals surface area contributed by atoms with Gasteiger partial charge in [-0.25, -0.2) is 4.98 Å². The fourth-order valence-electron chi connectivity index (χ4n) is 1.05. The molecule has 0 N–H and O–H groups in total. The van der Waals surface area contributed by atoms with E-state index in [9.17, 15) is 26.3 Å². The monoisotopic (exact) mass is 371 g/mol. The number of aromatic nitrogens is 1. The van der Waals surface area contributed by atoms with E-state index in [1.807, 2.05) is 0 Å². The summed E-state index contributed by atoms with van der Waals surface area (Å²) in [6, 6.07) is 1.02. The van der Waals surface area contributed by atoms with Crippen molar-refractivity contribution in [1.29, 1.82) is 0 Å². The highest BCUT2D eigenvalue weighted by Gasteiger charge is 2.42. The van der Waals surface area contributed by atoms with Crippen molar-refractivity contribution in [3.8, 4) is 5.88 Å². The van der Waals surface area contributed by atoms with Gasteiger partial charge in [-0.05, 0) is 35.6 Å². The molecule has 0 saturated carbocycles. The molecule has 1 rings (SSSR count). The number of hydrogen-bond acceptors (Lipinski definition) is 2. The zero-order chi connectivity index (χ0) is 13.4. The van der Waals surface area contributed by atoms with Crippen LogP contribution >= 0.6 is 22.6 Å². The molecule has 1 aromatic rings. The van der Waals surface area contributed by atoms with Crippen LogP contribution in [-0.2, 0) is 6.18 Å². The van der Waals surface area contributed by atoms with Crippen molar-refractivity contribution in [3.63, 3.8) is 0 Å². The van der Waals surface area contributed by atoms with Gasteiger partial charge in [-0.15, -0.1) is 13.2 Å². The summed E-state index contributed by atoms with van der Waals surface area (Å²) in [7, 11) is 0. The van der Waals surface area contributed by atoms with Crippen molar-refractivity contribution < 1.29 is 31.1 Å². The quantitative estimate of drug-likeness (QED) is 0.552. The van der Waals surface area contributed by atoms with Crippen LogP contribution < -0.4 is 4.74 Å². The Labute approximate surface area is 105 Å². The smallest absolute Gasteiger partial charge is 0.387 e. The second-order valence-electron chi connectivity index (χ2n) is 2.97. The summed E-state index contributed by atoms with van der Waals surface area (Å²) in [5.74, 6) is -1.48. The molecular weight excluding hydrogens is 367 g/mol. The molecule has 9 heteroatoms. The topological polar surface area (TPSA) is 22.1 Å². The fourth-order valence-corrected chi connectivity index (χ4v) is 2.03. The van der Waals surface area contributed by atoms with Crippen molar-refractivity contribution in [2.75, 3.05) is 0 Å². The Hall–Kier alpha value is -0.740. The van der Waals surface area contributed by atoms with E-state index in [-0.39, 0.29) is 5.69 Å². The molecule has 96 valence electrons. The average Bonchev–Trinajstić information content (AvgIpc) is 1.94. The van der Waals surface area contributed by atoms with Crippen LogP contribution in [0, 0.1) is 10.5 Å². The van der Waals surface area contributed by atoms with E-state index >= 15 is 0 Å². The van der Waals surface area contributed by atoms with Crippen LogP contribution in [-0.4, -0.2) is 11.3 Å². The molecule has 0 amide bonds. The molecule has 0 radical (unpaired) electrons. The number of hydrogen-bond donors (Lipinski definition) is 0. The van der Waals surface area contributed by atoms with Gasteiger partial charge < -0.3 is 4.74 Å². The van der Waals surface area contributed by atoms with Crippen molar-refractivity contribution in [3.05, 3.63) is 20.9 Å². The van der Waals surface area contributed by atoms with E-state index in [2.05, 4.69) is 9.72 Å². The molecule has 0 aliphatic carbocycles. The van der Waals surface area contributed by atoms with Gasteiger partial charge in [-0.1, -0.05) is 0 Å². The molecule has 0 aromatic carbocycles. The van der Waals surface area contributed by atoms with Gasteiger partial charge in [0.2, 0.25) is 5.88 Å². The summed E-state index contributed by atoms with van der Waals surface area (Å²) in [5, 5.41) is 0. The van der Waals surface area contributed by atoms with Crippen LogP contribution in [0.15, 0.2) is 6.07 Å². The van der Waals surface area contributed by atoms with E-state index in [0.717, 1.165) is 6.07 Å². The number of ether oxygens (including phenoxy) is 1. The van der Waals surface area contributed by atoms with Gasteiger partial charge >= 0.3 is 12.5 Å². The lowest BCUT2D eigenvalue weighted by Crippen LogP contribution is -2.22. The second kappa shape index (κ2) is 4.50. The van der Waals surface area contributed by atoms with Gasteiger partial charge in [0.25, 0.3) is 0 Å². The van der Waals surface area contributed by atoms with E-state index in [4.69, 9.17) is 0 Å². The molecule has 17 heavy (non-hydrogen) atoms. The van der Waals surface area contributed by atoms with Crippen molar-refractivity contribution >= 4 is 22.6 Å². The molecule has 0 aliphatic rings. The first-order chi connectivity index (χ1) is 7.50. The molecular formula is C8H4F6INO. The Morgan fingerprint density at radius 1 is 1.18 bits per heavy atom. The number of rotatable bonds is 1. The van der Waals surface area contributed by atoms with Crippen molar-refractivity contribution in [2.24, 2.45) is 0 Å². The fraction of sp³-hybridized carbons (Fsp3) is 0.375. The normalized spacial score (nSPS) is 12.7. The maximum absolute atomic E-state index is 12.5. The number of halogens is 7. The first-order valence-corrected chi connectivity index (χ1v) is 5.08. The van der Waals surface area contributed by atoms with E-state index < -0.39 is 27.6 Å². The van der Waals surface area contributed by atoms with E-state index in [1.165, 1.54) is 29.5 Å². The van der Waals surface area contributed by atoms with Gasteiger partial charge in [0.05, 0.1) is 0 Å². The van der Waals surface area contributed by atoms with Gasteiger partial charge in [0, 0.05) is 9.26 Å². The van der Waals surface area contributed by atoms with Crippen LogP contribution in [0.3, 0.4) is 0 Å². The predicted molar refractivity (Wildman–Crippen MR) is 53.4 cm³/mol. The molecule has 0 atom stereocenters. The largest absolute Gasteiger partial charge is 0.574 e. The van der Waals surface area contributed by atoms with Gasteiger partial charge in [-0.2, -0.15) is 13.2 Å². The molecule has 1 aromatic heterocycles. The lowest BCUT2D eigenvalue weighted by Gasteiger charge is -2.16. The van der Waals surface area contributed by atoms with Crippen LogP contribution in [0.1, 0.15) is 11.3 Å². The summed E-state index contributed by atoms with van der Waals surface area (Å²) in [4.78, 5) is 3.12. The number of aryl methyl sites for hydroxylation is 1. The van der Waals surface area contributed by atoms with Gasteiger partial charge in [0.1, 0.15) is 5.56 Å². The third kappa shape index (κ3) is 3.89. The Kier molecular flexibility index (Phi) is 3.79. The minimum atomic E-state index is -5.22. The number of nitrogens with zero attached hydrogens (tertiary/aromatic N) is 1. The van der Waals surface area contributed by atoms with Gasteiger partial charge in [0.15, 0.2) is 0 Å². The van der Waals surface area contributed by atoms with E-state index in [0.29, 0.717) is 0 Å². The van der Waals surface area contributed by atoms with Crippen LogP contribution in [0.4, 0.5) is 26.3 Å². The van der Waals surface area contributed by atoms with Crippen LogP contribution in [0.2, 0.25) is 0 Å². The third-order valence-corrected chi connectivity index (χ3v) is 2.41. The molecule has 0 fully saturated rings. The van der Waals surface area contributed by atoms with Crippen LogP contribution in [0.25, 0.3) is 0 Å². The number of alkyl halides is 6. The van der Waals surface area contributed by atoms with Gasteiger partial charge in [-0.3, -0.25) is 0 Å². The first-order valence-electron chi connectivity index (χ1n) is 4.01. The Morgan fingerprint density at radius 3 is 2.12 bits per heavy atom. The molecule has 2 nitrogen and oxygen atoms in total. The standard InChI is InChI=1S/C8H4F6INO/c1-3-2-4(15)5(7(9,10)11)6(16-3)17-8(12,13)14/h2H,1H3. The lowest BCUT2D eigenvalue weighted by molar-refractivity contribution is -0.278. The Bertz CT molecular complexity index is 427. The highest BCUT2D eigenvalue weighted by molar-refractivity contribution is 14.1. The molecule has 0 unspecified atom stereocenters. The van der Waals surface area contributed by atoms with E-state index in [1.54, 1.807) is 0 Å². The summed E-state index contributed by atoms with van der Waals surface area (Å²) < 4.78 is 76.3. The maximum Gasteiger partial charge on any atom is 0.574 e. The second-order valence-corrected chi connectivity index (χ2v) is 4.13. The maximum atomic E-state index is 12.5. The Morgan fingerprint density at radius 2 is 1.71 bits per heavy atom. The predicted octanol–water partition coefficient (Wildman–Crippen LogP) is 3.91. The third-order valence-electron chi connectivity index (χ3n) is 1.56. The zero-order valence-corrected chi connectivity index (χ0v) is 10.2. The number of pyridine rings is 1. The molecule has 0 aliphatic heterocycles. The minimum absolute atomic E-state index is 0.00153. The molecule has 0 saturated heterocycles. The summed E-state index contributed by atoms with van der Waals surface area (Å²) >= 11 is 1.28. The minimum Gasteiger partial charge on any atom is -0.387 e. The zero-order valence-electron chi connectivity index (χ0n) is 8.08. The summed E-state index contributed by atoms with van der Waals surface area (Å²) in [5.41, 5.74) is -1.53. The lowest BCUT2D eigenvalue weighted by atomic mass is 10.2. The van der Waals surface area contributed by atoms with Crippen LogP contribution in [0.5, 0.6) is 5.88 Å². The molecule has 0 bridgehead atoms. The average molecular weight is 371 g/mol. The highest BCUT2D eigenvalue weighted by Crippen LogP contribution is 2.40.